The molecule has 0 aromatic carbocycles. The van der Waals surface area contributed by atoms with Gasteiger partial charge in [-0.1, -0.05) is 0 Å². The summed E-state index contributed by atoms with van der Waals surface area (Å²) in [4.78, 5) is 3.98. The molecule has 66 valence electrons. The summed E-state index contributed by atoms with van der Waals surface area (Å²) in [6.45, 7) is 0. The fraction of sp³-hybridized carbons (Fsp3) is 0.375. The summed E-state index contributed by atoms with van der Waals surface area (Å²) in [5.74, 6) is 0.871. The molecule has 0 amide bonds. The number of anilines is 1. The van der Waals surface area contributed by atoms with Gasteiger partial charge < -0.3 is 11.5 Å². The second kappa shape index (κ2) is 4.33. The molecule has 0 bridgehead atoms. The Labute approximate surface area is 76.5 Å². The van der Waals surface area contributed by atoms with Crippen LogP contribution in [0.2, 0.25) is 0 Å². The summed E-state index contributed by atoms with van der Waals surface area (Å²) in [5, 5.41) is 0. The molecule has 1 aromatic heterocycles. The molecule has 1 aromatic rings. The van der Waals surface area contributed by atoms with Gasteiger partial charge in [0.15, 0.2) is 0 Å². The Morgan fingerprint density at radius 1 is 1.67 bits per heavy atom. The number of hydrogen-bond donors (Lipinski definition) is 2. The van der Waals surface area contributed by atoms with Crippen molar-refractivity contribution in [2.45, 2.75) is 6.04 Å². The molecule has 0 saturated heterocycles. The average molecular weight is 183 g/mol. The number of aromatic nitrogens is 1. The van der Waals surface area contributed by atoms with Crippen molar-refractivity contribution in [1.82, 2.24) is 4.98 Å². The molecule has 1 atom stereocenters. The monoisotopic (exact) mass is 183 g/mol. The molecular formula is C8H13N3S. The summed E-state index contributed by atoms with van der Waals surface area (Å²) in [6.07, 6.45) is 5.42. The van der Waals surface area contributed by atoms with Crippen molar-refractivity contribution in [2.75, 3.05) is 17.7 Å². The number of thioether (sulfide) groups is 1. The molecule has 12 heavy (non-hydrogen) atoms. The lowest BCUT2D eigenvalue weighted by atomic mass is 10.1. The van der Waals surface area contributed by atoms with Crippen LogP contribution in [0, 0.1) is 0 Å². The van der Waals surface area contributed by atoms with E-state index in [9.17, 15) is 0 Å². The summed E-state index contributed by atoms with van der Waals surface area (Å²) >= 11 is 1.70. The van der Waals surface area contributed by atoms with Crippen LogP contribution >= 0.6 is 11.8 Å². The van der Waals surface area contributed by atoms with Crippen molar-refractivity contribution in [2.24, 2.45) is 5.73 Å². The fourth-order valence-electron chi connectivity index (χ4n) is 0.997. The zero-order chi connectivity index (χ0) is 8.97. The largest absolute Gasteiger partial charge is 0.398 e. The highest BCUT2D eigenvalue weighted by molar-refractivity contribution is 7.98. The van der Waals surface area contributed by atoms with Crippen LogP contribution in [0.3, 0.4) is 0 Å². The molecule has 0 aliphatic carbocycles. The third-order valence-electron chi connectivity index (χ3n) is 1.63. The quantitative estimate of drug-likeness (QED) is 0.734. The van der Waals surface area contributed by atoms with E-state index in [1.807, 2.05) is 6.26 Å². The molecule has 4 N–H and O–H groups in total. The Morgan fingerprint density at radius 3 is 3.00 bits per heavy atom. The number of nitrogens with zero attached hydrogens (tertiary/aromatic N) is 1. The normalized spacial score (nSPS) is 12.8. The van der Waals surface area contributed by atoms with Gasteiger partial charge >= 0.3 is 0 Å². The van der Waals surface area contributed by atoms with Crippen LogP contribution in [-0.4, -0.2) is 17.0 Å². The molecule has 0 aliphatic heterocycles. The van der Waals surface area contributed by atoms with E-state index in [4.69, 9.17) is 11.5 Å². The Balaban J connectivity index is 2.79. The van der Waals surface area contributed by atoms with E-state index < -0.39 is 0 Å². The Kier molecular flexibility index (Phi) is 3.37. The minimum absolute atomic E-state index is 0.00583. The van der Waals surface area contributed by atoms with Crippen LogP contribution in [-0.2, 0) is 0 Å². The third kappa shape index (κ3) is 2.12. The zero-order valence-electron chi connectivity index (χ0n) is 7.03. The van der Waals surface area contributed by atoms with E-state index in [-0.39, 0.29) is 6.04 Å². The number of hydrogen-bond acceptors (Lipinski definition) is 4. The van der Waals surface area contributed by atoms with E-state index in [1.165, 1.54) is 0 Å². The van der Waals surface area contributed by atoms with Gasteiger partial charge in [-0.3, -0.25) is 4.98 Å². The Morgan fingerprint density at radius 2 is 2.42 bits per heavy atom. The van der Waals surface area contributed by atoms with Gasteiger partial charge in [-0.25, -0.2) is 0 Å². The lowest BCUT2D eigenvalue weighted by molar-refractivity contribution is 0.828. The first-order chi connectivity index (χ1) is 5.75. The number of pyridine rings is 1. The van der Waals surface area contributed by atoms with Gasteiger partial charge in [0.05, 0.1) is 0 Å². The van der Waals surface area contributed by atoms with E-state index in [0.717, 1.165) is 17.0 Å². The van der Waals surface area contributed by atoms with Crippen molar-refractivity contribution in [3.8, 4) is 0 Å². The van der Waals surface area contributed by atoms with E-state index >= 15 is 0 Å². The highest BCUT2D eigenvalue weighted by atomic mass is 32.2. The van der Waals surface area contributed by atoms with Crippen molar-refractivity contribution >= 4 is 17.4 Å². The second-order valence-corrected chi connectivity index (χ2v) is 3.48. The number of nitrogens with two attached hydrogens (primary N) is 2. The summed E-state index contributed by atoms with van der Waals surface area (Å²) in [6, 6.07) is 1.77. The van der Waals surface area contributed by atoms with Crippen LogP contribution in [0.5, 0.6) is 0 Å². The van der Waals surface area contributed by atoms with Crippen molar-refractivity contribution in [3.63, 3.8) is 0 Å². The number of rotatable bonds is 3. The highest BCUT2D eigenvalue weighted by Crippen LogP contribution is 2.19. The maximum Gasteiger partial charge on any atom is 0.0422 e. The molecule has 0 radical (unpaired) electrons. The minimum Gasteiger partial charge on any atom is -0.398 e. The maximum absolute atomic E-state index is 5.87. The molecular weight excluding hydrogens is 170 g/mol. The SMILES string of the molecule is CSCC(N)c1cnccc1N. The second-order valence-electron chi connectivity index (χ2n) is 2.57. The molecule has 1 rings (SSSR count). The lowest BCUT2D eigenvalue weighted by Crippen LogP contribution is -2.14. The molecule has 4 heteroatoms. The maximum atomic E-state index is 5.87. The van der Waals surface area contributed by atoms with Crippen molar-refractivity contribution in [1.29, 1.82) is 0 Å². The molecule has 1 unspecified atom stereocenters. The molecule has 0 spiro atoms. The summed E-state index contributed by atoms with van der Waals surface area (Å²) in [5.41, 5.74) is 13.3. The van der Waals surface area contributed by atoms with Gasteiger partial charge in [0, 0.05) is 35.4 Å². The minimum atomic E-state index is -0.00583. The molecule has 1 heterocycles. The van der Waals surface area contributed by atoms with E-state index in [2.05, 4.69) is 4.98 Å². The first-order valence-corrected chi connectivity index (χ1v) is 5.09. The highest BCUT2D eigenvalue weighted by Gasteiger charge is 2.07. The van der Waals surface area contributed by atoms with Crippen LogP contribution in [0.4, 0.5) is 5.69 Å². The van der Waals surface area contributed by atoms with Gasteiger partial charge in [0.25, 0.3) is 0 Å². The third-order valence-corrected chi connectivity index (χ3v) is 2.33. The molecule has 0 saturated carbocycles. The van der Waals surface area contributed by atoms with Gasteiger partial charge in [-0.2, -0.15) is 11.8 Å². The van der Waals surface area contributed by atoms with Crippen LogP contribution < -0.4 is 11.5 Å². The van der Waals surface area contributed by atoms with Gasteiger partial charge in [0.1, 0.15) is 0 Å². The zero-order valence-corrected chi connectivity index (χ0v) is 7.84. The van der Waals surface area contributed by atoms with Crippen molar-refractivity contribution < 1.29 is 0 Å². The topological polar surface area (TPSA) is 64.9 Å². The first kappa shape index (κ1) is 9.35. The number of nitrogen functional groups attached to an aromatic ring is 1. The summed E-state index contributed by atoms with van der Waals surface area (Å²) in [7, 11) is 0. The first-order valence-electron chi connectivity index (χ1n) is 3.69. The molecule has 0 aliphatic rings. The van der Waals surface area contributed by atoms with E-state index in [1.54, 1.807) is 30.2 Å². The van der Waals surface area contributed by atoms with Gasteiger partial charge in [-0.05, 0) is 12.3 Å². The predicted molar refractivity (Wildman–Crippen MR) is 54.0 cm³/mol. The molecule has 3 nitrogen and oxygen atoms in total. The standard InChI is InChI=1S/C8H13N3S/c1-12-5-8(10)6-4-11-3-2-7(6)9/h2-4,8H,5,10H2,1H3,(H2,9,11). The fourth-order valence-corrected chi connectivity index (χ4v) is 1.54. The van der Waals surface area contributed by atoms with Gasteiger partial charge in [0.2, 0.25) is 0 Å². The smallest absolute Gasteiger partial charge is 0.0422 e. The van der Waals surface area contributed by atoms with Crippen LogP contribution in [0.1, 0.15) is 11.6 Å². The lowest BCUT2D eigenvalue weighted by Gasteiger charge is -2.11. The van der Waals surface area contributed by atoms with Crippen molar-refractivity contribution in [3.05, 3.63) is 24.0 Å². The predicted octanol–water partition coefficient (Wildman–Crippen LogP) is 1.03. The summed E-state index contributed by atoms with van der Waals surface area (Å²) < 4.78 is 0. The average Bonchev–Trinajstić information content (AvgIpc) is 2.05. The molecule has 0 fully saturated rings. The Hall–Kier alpha value is -0.740. The Bertz CT molecular complexity index is 252. The van der Waals surface area contributed by atoms with Crippen LogP contribution in [0.15, 0.2) is 18.5 Å². The van der Waals surface area contributed by atoms with E-state index in [0.29, 0.717) is 0 Å². The van der Waals surface area contributed by atoms with Crippen LogP contribution in [0.25, 0.3) is 0 Å². The van der Waals surface area contributed by atoms with Gasteiger partial charge in [-0.15, -0.1) is 0 Å².